The molecule has 1 rings (SSSR count). The molecule has 1 aromatic rings. The number of aliphatic hydroxyl groups is 2. The van der Waals surface area contributed by atoms with Crippen LogP contribution in [0.4, 0.5) is 5.69 Å². The summed E-state index contributed by atoms with van der Waals surface area (Å²) in [5, 5.41) is 28.7. The van der Waals surface area contributed by atoms with Crippen LogP contribution < -0.4 is 4.90 Å². The standard InChI is InChI=1S/C15H25NO3/c1-4-12(5-2)16(8-9-17)13-6-7-14(11(3)18)15(19)10-13/h6-7,10-12,17-19H,4-5,8-9H2,1-3H3. The minimum Gasteiger partial charge on any atom is -0.507 e. The Labute approximate surface area is 115 Å². The van der Waals surface area contributed by atoms with E-state index in [0.29, 0.717) is 18.2 Å². The van der Waals surface area contributed by atoms with Crippen LogP contribution in [0.15, 0.2) is 18.2 Å². The Morgan fingerprint density at radius 3 is 2.26 bits per heavy atom. The molecule has 19 heavy (non-hydrogen) atoms. The van der Waals surface area contributed by atoms with Crippen molar-refractivity contribution in [3.05, 3.63) is 23.8 Å². The Bertz CT molecular complexity index is 389. The van der Waals surface area contributed by atoms with Crippen molar-refractivity contribution >= 4 is 5.69 Å². The molecule has 0 fully saturated rings. The summed E-state index contributed by atoms with van der Waals surface area (Å²) in [4.78, 5) is 2.10. The van der Waals surface area contributed by atoms with Gasteiger partial charge in [-0.2, -0.15) is 0 Å². The van der Waals surface area contributed by atoms with Crippen molar-refractivity contribution in [2.45, 2.75) is 45.8 Å². The SMILES string of the molecule is CCC(CC)N(CCO)c1ccc(C(C)O)c(O)c1. The fourth-order valence-corrected chi connectivity index (χ4v) is 2.42. The second-order valence-corrected chi connectivity index (χ2v) is 4.81. The fourth-order valence-electron chi connectivity index (χ4n) is 2.42. The maximum atomic E-state index is 9.96. The Morgan fingerprint density at radius 2 is 1.84 bits per heavy atom. The van der Waals surface area contributed by atoms with Crippen molar-refractivity contribution in [2.75, 3.05) is 18.1 Å². The lowest BCUT2D eigenvalue weighted by Crippen LogP contribution is -2.36. The van der Waals surface area contributed by atoms with Gasteiger partial charge >= 0.3 is 0 Å². The molecule has 108 valence electrons. The molecule has 1 unspecified atom stereocenters. The molecule has 0 aromatic heterocycles. The minimum atomic E-state index is -0.687. The van der Waals surface area contributed by atoms with E-state index in [1.165, 1.54) is 0 Å². The monoisotopic (exact) mass is 267 g/mol. The van der Waals surface area contributed by atoms with Crippen molar-refractivity contribution in [1.29, 1.82) is 0 Å². The first-order valence-corrected chi connectivity index (χ1v) is 6.93. The lowest BCUT2D eigenvalue weighted by Gasteiger charge is -2.32. The first kappa shape index (κ1) is 15.8. The van der Waals surface area contributed by atoms with Gasteiger partial charge in [0.2, 0.25) is 0 Å². The summed E-state index contributed by atoms with van der Waals surface area (Å²) in [5.74, 6) is 0.0985. The van der Waals surface area contributed by atoms with E-state index in [4.69, 9.17) is 0 Å². The molecular formula is C15H25NO3. The molecule has 0 aliphatic heterocycles. The highest BCUT2D eigenvalue weighted by molar-refractivity contribution is 5.54. The number of aromatic hydroxyl groups is 1. The highest BCUT2D eigenvalue weighted by Gasteiger charge is 2.17. The molecule has 0 radical (unpaired) electrons. The molecule has 0 aliphatic rings. The molecule has 0 spiro atoms. The summed E-state index contributed by atoms with van der Waals surface area (Å²) in [6.45, 7) is 6.47. The van der Waals surface area contributed by atoms with Crippen molar-refractivity contribution in [1.82, 2.24) is 0 Å². The predicted molar refractivity (Wildman–Crippen MR) is 77.5 cm³/mol. The summed E-state index contributed by atoms with van der Waals surface area (Å²) in [7, 11) is 0. The first-order valence-electron chi connectivity index (χ1n) is 6.93. The van der Waals surface area contributed by atoms with Gasteiger partial charge in [0.05, 0.1) is 12.7 Å². The van der Waals surface area contributed by atoms with Gasteiger partial charge in [-0.15, -0.1) is 0 Å². The topological polar surface area (TPSA) is 63.9 Å². The van der Waals surface area contributed by atoms with Crippen molar-refractivity contribution in [3.63, 3.8) is 0 Å². The maximum Gasteiger partial charge on any atom is 0.123 e. The Kier molecular flexibility index (Phi) is 6.12. The Morgan fingerprint density at radius 1 is 1.21 bits per heavy atom. The number of anilines is 1. The molecule has 0 bridgehead atoms. The van der Waals surface area contributed by atoms with Crippen molar-refractivity contribution in [2.24, 2.45) is 0 Å². The highest BCUT2D eigenvalue weighted by Crippen LogP contribution is 2.30. The zero-order chi connectivity index (χ0) is 14.4. The van der Waals surface area contributed by atoms with Gasteiger partial charge < -0.3 is 20.2 Å². The summed E-state index contributed by atoms with van der Waals surface area (Å²) < 4.78 is 0. The second-order valence-electron chi connectivity index (χ2n) is 4.81. The molecule has 1 atom stereocenters. The van der Waals surface area contributed by atoms with Gasteiger partial charge in [-0.25, -0.2) is 0 Å². The summed E-state index contributed by atoms with van der Waals surface area (Å²) in [6, 6.07) is 5.62. The molecule has 4 heteroatoms. The fraction of sp³-hybridized carbons (Fsp3) is 0.600. The van der Waals surface area contributed by atoms with Crippen molar-refractivity contribution in [3.8, 4) is 5.75 Å². The summed E-state index contributed by atoms with van der Waals surface area (Å²) >= 11 is 0. The van der Waals surface area contributed by atoms with Crippen LogP contribution in [0.25, 0.3) is 0 Å². The molecule has 0 saturated carbocycles. The number of benzene rings is 1. The van der Waals surface area contributed by atoms with Crippen LogP contribution in [0.1, 0.15) is 45.3 Å². The van der Waals surface area contributed by atoms with Crippen LogP contribution in [0.3, 0.4) is 0 Å². The minimum absolute atomic E-state index is 0.0788. The zero-order valence-electron chi connectivity index (χ0n) is 12.0. The summed E-state index contributed by atoms with van der Waals surface area (Å²) in [5.41, 5.74) is 1.40. The van der Waals surface area contributed by atoms with E-state index in [1.807, 2.05) is 6.07 Å². The largest absolute Gasteiger partial charge is 0.507 e. The van der Waals surface area contributed by atoms with E-state index in [9.17, 15) is 15.3 Å². The van der Waals surface area contributed by atoms with Crippen LogP contribution in [-0.2, 0) is 0 Å². The number of phenols is 1. The molecule has 0 heterocycles. The molecular weight excluding hydrogens is 242 g/mol. The number of phenolic OH excluding ortho intramolecular Hbond substituents is 1. The van der Waals surface area contributed by atoms with Gasteiger partial charge in [-0.3, -0.25) is 0 Å². The second kappa shape index (κ2) is 7.36. The predicted octanol–water partition coefficient (Wildman–Crippen LogP) is 2.43. The average Bonchev–Trinajstić information content (AvgIpc) is 2.38. The highest BCUT2D eigenvalue weighted by atomic mass is 16.3. The molecule has 4 nitrogen and oxygen atoms in total. The van der Waals surface area contributed by atoms with Gasteiger partial charge in [0.1, 0.15) is 5.75 Å². The van der Waals surface area contributed by atoms with Crippen LogP contribution in [0, 0.1) is 0 Å². The quantitative estimate of drug-likeness (QED) is 0.710. The van der Waals surface area contributed by atoms with Gasteiger partial charge in [-0.1, -0.05) is 19.9 Å². The number of hydrogen-bond acceptors (Lipinski definition) is 4. The van der Waals surface area contributed by atoms with Crippen LogP contribution in [-0.4, -0.2) is 34.5 Å². The lowest BCUT2D eigenvalue weighted by molar-refractivity contribution is 0.195. The summed E-state index contributed by atoms with van der Waals surface area (Å²) in [6.07, 6.45) is 1.28. The van der Waals surface area contributed by atoms with Gasteiger partial charge in [-0.05, 0) is 25.8 Å². The third-order valence-electron chi connectivity index (χ3n) is 3.52. The van der Waals surface area contributed by atoms with Crippen LogP contribution in [0.5, 0.6) is 5.75 Å². The van der Waals surface area contributed by atoms with E-state index >= 15 is 0 Å². The lowest BCUT2D eigenvalue weighted by atomic mass is 10.1. The zero-order valence-corrected chi connectivity index (χ0v) is 12.0. The normalized spacial score (nSPS) is 12.7. The molecule has 1 aromatic carbocycles. The van der Waals surface area contributed by atoms with E-state index in [2.05, 4.69) is 18.7 Å². The van der Waals surface area contributed by atoms with E-state index in [1.54, 1.807) is 19.1 Å². The third kappa shape index (κ3) is 3.85. The van der Waals surface area contributed by atoms with Crippen molar-refractivity contribution < 1.29 is 15.3 Å². The van der Waals surface area contributed by atoms with Gasteiger partial charge in [0.25, 0.3) is 0 Å². The Balaban J connectivity index is 3.06. The third-order valence-corrected chi connectivity index (χ3v) is 3.52. The smallest absolute Gasteiger partial charge is 0.123 e. The van der Waals surface area contributed by atoms with Crippen LogP contribution >= 0.6 is 0 Å². The number of nitrogens with zero attached hydrogens (tertiary/aromatic N) is 1. The van der Waals surface area contributed by atoms with Gasteiger partial charge in [0, 0.05) is 29.9 Å². The number of hydrogen-bond donors (Lipinski definition) is 3. The van der Waals surface area contributed by atoms with Crippen LogP contribution in [0.2, 0.25) is 0 Å². The number of aliphatic hydroxyl groups excluding tert-OH is 2. The average molecular weight is 267 g/mol. The van der Waals surface area contributed by atoms with E-state index in [0.717, 1.165) is 18.5 Å². The van der Waals surface area contributed by atoms with E-state index < -0.39 is 6.10 Å². The first-order chi connectivity index (χ1) is 9.04. The molecule has 0 aliphatic carbocycles. The Hall–Kier alpha value is -1.26. The molecule has 3 N–H and O–H groups in total. The van der Waals surface area contributed by atoms with Gasteiger partial charge in [0.15, 0.2) is 0 Å². The number of rotatable bonds is 7. The molecule has 0 amide bonds. The molecule has 0 saturated heterocycles. The maximum absolute atomic E-state index is 9.96. The van der Waals surface area contributed by atoms with E-state index in [-0.39, 0.29) is 12.4 Å².